The third kappa shape index (κ3) is 4.07. The first-order valence-corrected chi connectivity index (χ1v) is 8.86. The molecule has 2 N–H and O–H groups in total. The van der Waals surface area contributed by atoms with Gasteiger partial charge in [-0.25, -0.2) is 4.79 Å². The summed E-state index contributed by atoms with van der Waals surface area (Å²) in [6.45, 7) is 0. The summed E-state index contributed by atoms with van der Waals surface area (Å²) in [5, 5.41) is 14.0. The molecule has 0 radical (unpaired) electrons. The van der Waals surface area contributed by atoms with Crippen LogP contribution in [0.3, 0.4) is 0 Å². The summed E-state index contributed by atoms with van der Waals surface area (Å²) in [5.74, 6) is 0.718. The highest BCUT2D eigenvalue weighted by Gasteiger charge is 2.23. The van der Waals surface area contributed by atoms with E-state index in [-0.39, 0.29) is 6.03 Å². The van der Waals surface area contributed by atoms with Gasteiger partial charge in [0, 0.05) is 11.3 Å². The number of hydrogen-bond acceptors (Lipinski definition) is 4. The van der Waals surface area contributed by atoms with Crippen LogP contribution in [0.4, 0.5) is 10.5 Å². The minimum Gasteiger partial charge on any atom is -0.418 e. The molecule has 28 heavy (non-hydrogen) atoms. The van der Waals surface area contributed by atoms with Gasteiger partial charge in [0.15, 0.2) is 0 Å². The van der Waals surface area contributed by atoms with Crippen molar-refractivity contribution in [2.45, 2.75) is 6.04 Å². The third-order valence-electron chi connectivity index (χ3n) is 4.15. The van der Waals surface area contributed by atoms with Gasteiger partial charge in [-0.15, -0.1) is 10.2 Å². The molecule has 4 aromatic rings. The molecule has 0 unspecified atom stereocenters. The van der Waals surface area contributed by atoms with Crippen molar-refractivity contribution in [1.29, 1.82) is 0 Å². The summed E-state index contributed by atoms with van der Waals surface area (Å²) >= 11 is 0. The Hall–Kier alpha value is -3.93. The minimum atomic E-state index is -0.574. The molecule has 6 heteroatoms. The topological polar surface area (TPSA) is 80.0 Å². The molecule has 0 fully saturated rings. The van der Waals surface area contributed by atoms with Crippen molar-refractivity contribution in [3.63, 3.8) is 0 Å². The second-order valence-electron chi connectivity index (χ2n) is 6.12. The molecule has 2 amide bonds. The number of amides is 2. The Bertz CT molecular complexity index is 1030. The lowest BCUT2D eigenvalue weighted by molar-refractivity contribution is 0.248. The molecule has 0 aliphatic heterocycles. The van der Waals surface area contributed by atoms with E-state index in [4.69, 9.17) is 4.42 Å². The lowest BCUT2D eigenvalue weighted by Crippen LogP contribution is -2.33. The van der Waals surface area contributed by atoms with Crippen molar-refractivity contribution in [2.75, 3.05) is 5.32 Å². The Morgan fingerprint density at radius 3 is 2.07 bits per heavy atom. The van der Waals surface area contributed by atoms with Gasteiger partial charge < -0.3 is 15.1 Å². The predicted molar refractivity (Wildman–Crippen MR) is 107 cm³/mol. The van der Waals surface area contributed by atoms with Gasteiger partial charge in [0.1, 0.15) is 6.04 Å². The van der Waals surface area contributed by atoms with E-state index in [0.29, 0.717) is 17.5 Å². The van der Waals surface area contributed by atoms with Gasteiger partial charge in [0.2, 0.25) is 11.8 Å². The van der Waals surface area contributed by atoms with Crippen LogP contribution in [0.1, 0.15) is 17.5 Å². The molecule has 3 aromatic carbocycles. The largest absolute Gasteiger partial charge is 0.418 e. The number of carbonyl (C=O) groups excluding carboxylic acids is 1. The Balaban J connectivity index is 1.60. The van der Waals surface area contributed by atoms with Crippen LogP contribution in [0.2, 0.25) is 0 Å². The molecule has 1 atom stereocenters. The Morgan fingerprint density at radius 1 is 0.786 bits per heavy atom. The molecule has 0 saturated carbocycles. The van der Waals surface area contributed by atoms with E-state index in [1.54, 1.807) is 0 Å². The first kappa shape index (κ1) is 17.5. The summed E-state index contributed by atoms with van der Waals surface area (Å²) < 4.78 is 5.87. The molecule has 0 aliphatic rings. The third-order valence-corrected chi connectivity index (χ3v) is 4.15. The quantitative estimate of drug-likeness (QED) is 0.536. The number of anilines is 1. The van der Waals surface area contributed by atoms with Crippen LogP contribution < -0.4 is 10.6 Å². The number of para-hydroxylation sites is 1. The van der Waals surface area contributed by atoms with Crippen LogP contribution in [-0.4, -0.2) is 16.2 Å². The van der Waals surface area contributed by atoms with Crippen LogP contribution in [0.25, 0.3) is 11.5 Å². The molecule has 6 nitrogen and oxygen atoms in total. The Kier molecular flexibility index (Phi) is 5.11. The summed E-state index contributed by atoms with van der Waals surface area (Å²) in [4.78, 5) is 12.5. The average Bonchev–Trinajstić information content (AvgIpc) is 3.24. The molecule has 0 aliphatic carbocycles. The van der Waals surface area contributed by atoms with E-state index in [9.17, 15) is 4.79 Å². The smallest absolute Gasteiger partial charge is 0.320 e. The molecular weight excluding hydrogens is 352 g/mol. The highest BCUT2D eigenvalue weighted by molar-refractivity contribution is 5.89. The van der Waals surface area contributed by atoms with E-state index in [0.717, 1.165) is 11.1 Å². The molecular formula is C22H18N4O2. The van der Waals surface area contributed by atoms with Gasteiger partial charge in [-0.3, -0.25) is 0 Å². The first-order chi connectivity index (χ1) is 13.8. The van der Waals surface area contributed by atoms with Crippen molar-refractivity contribution in [1.82, 2.24) is 15.5 Å². The minimum absolute atomic E-state index is 0.313. The number of carbonyl (C=O) groups is 1. The number of nitrogens with one attached hydrogen (secondary N) is 2. The van der Waals surface area contributed by atoms with Gasteiger partial charge in [-0.1, -0.05) is 66.7 Å². The number of urea groups is 1. The van der Waals surface area contributed by atoms with Gasteiger partial charge in [-0.2, -0.15) is 0 Å². The molecule has 0 bridgehead atoms. The number of aromatic nitrogens is 2. The Morgan fingerprint density at radius 2 is 1.39 bits per heavy atom. The van der Waals surface area contributed by atoms with Crippen molar-refractivity contribution in [3.05, 3.63) is 102 Å². The van der Waals surface area contributed by atoms with E-state index >= 15 is 0 Å². The Labute approximate surface area is 162 Å². The highest BCUT2D eigenvalue weighted by atomic mass is 16.4. The number of benzene rings is 3. The van der Waals surface area contributed by atoms with Crippen LogP contribution in [0.15, 0.2) is 95.4 Å². The van der Waals surface area contributed by atoms with Crippen LogP contribution >= 0.6 is 0 Å². The molecule has 138 valence electrons. The van der Waals surface area contributed by atoms with Crippen molar-refractivity contribution < 1.29 is 9.21 Å². The summed E-state index contributed by atoms with van der Waals surface area (Å²) in [7, 11) is 0. The number of nitrogens with zero attached hydrogens (tertiary/aromatic N) is 2. The molecule has 1 aromatic heterocycles. The van der Waals surface area contributed by atoms with E-state index < -0.39 is 6.04 Å². The lowest BCUT2D eigenvalue weighted by atomic mass is 10.1. The zero-order valence-electron chi connectivity index (χ0n) is 14.9. The second kappa shape index (κ2) is 8.18. The summed E-state index contributed by atoms with van der Waals surface area (Å²) in [6, 6.07) is 27.3. The maximum Gasteiger partial charge on any atom is 0.320 e. The summed E-state index contributed by atoms with van der Waals surface area (Å²) in [5.41, 5.74) is 2.36. The first-order valence-electron chi connectivity index (χ1n) is 8.86. The maximum absolute atomic E-state index is 12.5. The van der Waals surface area contributed by atoms with Crippen molar-refractivity contribution in [3.8, 4) is 11.5 Å². The van der Waals surface area contributed by atoms with Crippen molar-refractivity contribution >= 4 is 11.7 Å². The number of hydrogen-bond donors (Lipinski definition) is 2. The predicted octanol–water partition coefficient (Wildman–Crippen LogP) is 4.65. The SMILES string of the molecule is O=C(Nc1ccccc1)N[C@@H](c1ccccc1)c1nnc(-c2ccccc2)o1. The maximum atomic E-state index is 12.5. The van der Waals surface area contributed by atoms with Gasteiger partial charge in [0.25, 0.3) is 0 Å². The highest BCUT2D eigenvalue weighted by Crippen LogP contribution is 2.25. The van der Waals surface area contributed by atoms with Crippen LogP contribution in [0.5, 0.6) is 0 Å². The van der Waals surface area contributed by atoms with Crippen molar-refractivity contribution in [2.24, 2.45) is 0 Å². The summed E-state index contributed by atoms with van der Waals surface area (Å²) in [6.07, 6.45) is 0. The molecule has 0 saturated heterocycles. The monoisotopic (exact) mass is 370 g/mol. The van der Waals surface area contributed by atoms with Crippen LogP contribution in [0, 0.1) is 0 Å². The molecule has 0 spiro atoms. The zero-order valence-corrected chi connectivity index (χ0v) is 14.9. The fourth-order valence-corrected chi connectivity index (χ4v) is 2.80. The van der Waals surface area contributed by atoms with E-state index in [1.807, 2.05) is 91.0 Å². The standard InChI is InChI=1S/C22H18N4O2/c27-22(23-18-14-8-3-9-15-18)24-19(16-10-4-1-5-11-16)21-26-25-20(28-21)17-12-6-2-7-13-17/h1-15,19H,(H2,23,24,27)/t19-/m0/s1. The van der Waals surface area contributed by atoms with E-state index in [2.05, 4.69) is 20.8 Å². The van der Waals surface area contributed by atoms with Gasteiger partial charge >= 0.3 is 6.03 Å². The molecule has 1 heterocycles. The molecule has 4 rings (SSSR count). The fraction of sp³-hybridized carbons (Fsp3) is 0.0455. The number of rotatable bonds is 5. The fourth-order valence-electron chi connectivity index (χ4n) is 2.80. The lowest BCUT2D eigenvalue weighted by Gasteiger charge is -2.16. The second-order valence-corrected chi connectivity index (χ2v) is 6.12. The normalized spacial score (nSPS) is 11.6. The van der Waals surface area contributed by atoms with Gasteiger partial charge in [-0.05, 0) is 29.8 Å². The van der Waals surface area contributed by atoms with E-state index in [1.165, 1.54) is 0 Å². The zero-order chi connectivity index (χ0) is 19.2. The van der Waals surface area contributed by atoms with Crippen LogP contribution in [-0.2, 0) is 0 Å². The average molecular weight is 370 g/mol. The van der Waals surface area contributed by atoms with Gasteiger partial charge in [0.05, 0.1) is 0 Å².